The molecule has 0 spiro atoms. The molecule has 0 radical (unpaired) electrons. The topological polar surface area (TPSA) is 55.3 Å². The Labute approximate surface area is 115 Å². The SMILES string of the molecule is C=CCOc1ccc(C[NH2+]C(C)(C)CO)cc1OC. The van der Waals surface area contributed by atoms with Crippen LogP contribution in [0.1, 0.15) is 19.4 Å². The van der Waals surface area contributed by atoms with Gasteiger partial charge < -0.3 is 19.9 Å². The molecule has 1 aromatic carbocycles. The van der Waals surface area contributed by atoms with Crippen molar-refractivity contribution in [3.63, 3.8) is 0 Å². The van der Waals surface area contributed by atoms with Gasteiger partial charge in [-0.2, -0.15) is 0 Å². The van der Waals surface area contributed by atoms with E-state index in [0.717, 1.165) is 17.9 Å². The van der Waals surface area contributed by atoms with Crippen LogP contribution in [0, 0.1) is 0 Å². The minimum Gasteiger partial charge on any atom is -0.493 e. The van der Waals surface area contributed by atoms with Gasteiger partial charge in [0.25, 0.3) is 0 Å². The van der Waals surface area contributed by atoms with E-state index in [4.69, 9.17) is 9.47 Å². The summed E-state index contributed by atoms with van der Waals surface area (Å²) in [5, 5.41) is 11.3. The summed E-state index contributed by atoms with van der Waals surface area (Å²) in [6.07, 6.45) is 1.70. The Bertz CT molecular complexity index is 416. The number of methoxy groups -OCH3 is 1. The van der Waals surface area contributed by atoms with Crippen LogP contribution in [0.25, 0.3) is 0 Å². The number of aliphatic hydroxyl groups excluding tert-OH is 1. The first kappa shape index (κ1) is 15.5. The summed E-state index contributed by atoms with van der Waals surface area (Å²) in [7, 11) is 1.63. The van der Waals surface area contributed by atoms with E-state index in [1.54, 1.807) is 13.2 Å². The number of quaternary nitrogens is 1. The number of hydrogen-bond donors (Lipinski definition) is 2. The van der Waals surface area contributed by atoms with Crippen LogP contribution in [0.15, 0.2) is 30.9 Å². The van der Waals surface area contributed by atoms with Crippen LogP contribution in [0.4, 0.5) is 0 Å². The zero-order valence-electron chi connectivity index (χ0n) is 12.0. The molecule has 0 saturated carbocycles. The van der Waals surface area contributed by atoms with Gasteiger partial charge in [0, 0.05) is 5.56 Å². The number of rotatable bonds is 8. The van der Waals surface area contributed by atoms with Crippen LogP contribution in [0.2, 0.25) is 0 Å². The lowest BCUT2D eigenvalue weighted by Crippen LogP contribution is -2.95. The van der Waals surface area contributed by atoms with Gasteiger partial charge in [0.05, 0.1) is 13.7 Å². The van der Waals surface area contributed by atoms with Gasteiger partial charge in [0.1, 0.15) is 18.7 Å². The van der Waals surface area contributed by atoms with E-state index in [9.17, 15) is 5.11 Å². The molecule has 0 fully saturated rings. The molecule has 0 aliphatic carbocycles. The van der Waals surface area contributed by atoms with E-state index in [-0.39, 0.29) is 12.1 Å². The number of nitrogens with two attached hydrogens (primary N) is 1. The van der Waals surface area contributed by atoms with Crippen LogP contribution < -0.4 is 14.8 Å². The van der Waals surface area contributed by atoms with Crippen LogP contribution in [-0.4, -0.2) is 31.0 Å². The van der Waals surface area contributed by atoms with Crippen LogP contribution in [-0.2, 0) is 6.54 Å². The lowest BCUT2D eigenvalue weighted by molar-refractivity contribution is -0.736. The molecule has 0 amide bonds. The molecule has 106 valence electrons. The molecule has 0 aliphatic rings. The molecule has 0 atom stereocenters. The first-order chi connectivity index (χ1) is 9.02. The van der Waals surface area contributed by atoms with E-state index in [0.29, 0.717) is 12.4 Å². The summed E-state index contributed by atoms with van der Waals surface area (Å²) < 4.78 is 10.8. The van der Waals surface area contributed by atoms with Gasteiger partial charge in [-0.1, -0.05) is 12.7 Å². The number of hydrogen-bond acceptors (Lipinski definition) is 3. The van der Waals surface area contributed by atoms with Crippen molar-refractivity contribution in [3.8, 4) is 11.5 Å². The number of benzene rings is 1. The van der Waals surface area contributed by atoms with Gasteiger partial charge in [0.15, 0.2) is 11.5 Å². The maximum atomic E-state index is 9.23. The van der Waals surface area contributed by atoms with Gasteiger partial charge in [-0.3, -0.25) is 0 Å². The van der Waals surface area contributed by atoms with Crippen molar-refractivity contribution in [1.82, 2.24) is 0 Å². The molecule has 19 heavy (non-hydrogen) atoms. The van der Waals surface area contributed by atoms with Crippen LogP contribution >= 0.6 is 0 Å². The third-order valence-corrected chi connectivity index (χ3v) is 2.88. The Kier molecular flexibility index (Phi) is 5.86. The maximum absolute atomic E-state index is 9.23. The van der Waals surface area contributed by atoms with Gasteiger partial charge >= 0.3 is 0 Å². The van der Waals surface area contributed by atoms with E-state index >= 15 is 0 Å². The van der Waals surface area contributed by atoms with Gasteiger partial charge in [-0.25, -0.2) is 0 Å². The van der Waals surface area contributed by atoms with Crippen molar-refractivity contribution in [2.45, 2.75) is 25.9 Å². The van der Waals surface area contributed by atoms with Crippen molar-refractivity contribution in [1.29, 1.82) is 0 Å². The fraction of sp³-hybridized carbons (Fsp3) is 0.467. The van der Waals surface area contributed by atoms with Crippen LogP contribution in [0.3, 0.4) is 0 Å². The average molecular weight is 266 g/mol. The Morgan fingerprint density at radius 3 is 2.68 bits per heavy atom. The third-order valence-electron chi connectivity index (χ3n) is 2.88. The third kappa shape index (κ3) is 4.93. The summed E-state index contributed by atoms with van der Waals surface area (Å²) in [4.78, 5) is 0. The molecule has 4 nitrogen and oxygen atoms in total. The zero-order valence-corrected chi connectivity index (χ0v) is 12.0. The van der Waals surface area contributed by atoms with Gasteiger partial charge in [-0.05, 0) is 32.0 Å². The molecular formula is C15H24NO3+. The van der Waals surface area contributed by atoms with E-state index < -0.39 is 0 Å². The summed E-state index contributed by atoms with van der Waals surface area (Å²) in [5.74, 6) is 1.43. The van der Waals surface area contributed by atoms with Gasteiger partial charge in [0.2, 0.25) is 0 Å². The van der Waals surface area contributed by atoms with E-state index in [2.05, 4.69) is 11.9 Å². The molecule has 3 N–H and O–H groups in total. The Morgan fingerprint density at radius 1 is 1.37 bits per heavy atom. The lowest BCUT2D eigenvalue weighted by atomic mass is 10.1. The Hall–Kier alpha value is -1.52. The fourth-order valence-electron chi connectivity index (χ4n) is 1.57. The Balaban J connectivity index is 2.73. The molecule has 4 heteroatoms. The normalized spacial score (nSPS) is 11.2. The largest absolute Gasteiger partial charge is 0.493 e. The molecular weight excluding hydrogens is 242 g/mol. The second-order valence-corrected chi connectivity index (χ2v) is 5.14. The number of ether oxygens (including phenoxy) is 2. The first-order valence-corrected chi connectivity index (χ1v) is 6.38. The highest BCUT2D eigenvalue weighted by Gasteiger charge is 2.19. The lowest BCUT2D eigenvalue weighted by Gasteiger charge is -2.20. The van der Waals surface area contributed by atoms with E-state index in [1.165, 1.54) is 0 Å². The molecule has 0 bridgehead atoms. The van der Waals surface area contributed by atoms with Gasteiger partial charge in [-0.15, -0.1) is 0 Å². The highest BCUT2D eigenvalue weighted by Crippen LogP contribution is 2.27. The molecule has 0 aliphatic heterocycles. The summed E-state index contributed by atoms with van der Waals surface area (Å²) >= 11 is 0. The second kappa shape index (κ2) is 7.16. The first-order valence-electron chi connectivity index (χ1n) is 6.38. The predicted molar refractivity (Wildman–Crippen MR) is 75.5 cm³/mol. The maximum Gasteiger partial charge on any atom is 0.161 e. The quantitative estimate of drug-likeness (QED) is 0.693. The molecule has 1 aromatic rings. The Morgan fingerprint density at radius 2 is 2.11 bits per heavy atom. The standard InChI is InChI=1S/C15H23NO3/c1-5-8-19-13-7-6-12(9-14(13)18-4)10-16-15(2,3)11-17/h5-7,9,16-17H,1,8,10-11H2,2-4H3/p+1. The zero-order chi connectivity index (χ0) is 14.3. The monoisotopic (exact) mass is 266 g/mol. The average Bonchev–Trinajstić information content (AvgIpc) is 2.43. The molecule has 0 heterocycles. The van der Waals surface area contributed by atoms with Crippen molar-refractivity contribution in [2.24, 2.45) is 0 Å². The highest BCUT2D eigenvalue weighted by atomic mass is 16.5. The fourth-order valence-corrected chi connectivity index (χ4v) is 1.57. The minimum atomic E-state index is -0.175. The molecule has 0 saturated heterocycles. The second-order valence-electron chi connectivity index (χ2n) is 5.14. The summed E-state index contributed by atoms with van der Waals surface area (Å²) in [5.41, 5.74) is 0.954. The van der Waals surface area contributed by atoms with Crippen molar-refractivity contribution in [2.75, 3.05) is 20.3 Å². The van der Waals surface area contributed by atoms with Crippen molar-refractivity contribution in [3.05, 3.63) is 36.4 Å². The molecule has 0 unspecified atom stereocenters. The van der Waals surface area contributed by atoms with E-state index in [1.807, 2.05) is 32.0 Å². The predicted octanol–water partition coefficient (Wildman–Crippen LogP) is 1.09. The smallest absolute Gasteiger partial charge is 0.161 e. The molecule has 1 rings (SSSR count). The van der Waals surface area contributed by atoms with Crippen molar-refractivity contribution >= 4 is 0 Å². The minimum absolute atomic E-state index is 0.144. The molecule has 0 aromatic heterocycles. The van der Waals surface area contributed by atoms with Crippen molar-refractivity contribution < 1.29 is 19.9 Å². The highest BCUT2D eigenvalue weighted by molar-refractivity contribution is 5.42. The van der Waals surface area contributed by atoms with Crippen LogP contribution in [0.5, 0.6) is 11.5 Å². The summed E-state index contributed by atoms with van der Waals surface area (Å²) in [6, 6.07) is 5.87. The summed E-state index contributed by atoms with van der Waals surface area (Å²) in [6.45, 7) is 9.02. The number of aliphatic hydroxyl groups is 1.